The van der Waals surface area contributed by atoms with E-state index in [1.165, 1.54) is 37.7 Å². The van der Waals surface area contributed by atoms with Crippen LogP contribution in [0.5, 0.6) is 0 Å². The van der Waals surface area contributed by atoms with E-state index in [-0.39, 0.29) is 0 Å². The molecule has 0 fully saturated rings. The van der Waals surface area contributed by atoms with Crippen molar-refractivity contribution in [3.05, 3.63) is 140 Å². The number of rotatable bonds is 2. The van der Waals surface area contributed by atoms with Crippen LogP contribution in [0.4, 0.5) is 0 Å². The SMILES string of the molecule is c1ccc2c(-c3nc(-n4c5ccc6ccccc6c5c5c6ccccc6ccc54)nc4oc5ccccc5c34)cccc2c1. The van der Waals surface area contributed by atoms with Gasteiger partial charge in [-0.15, -0.1) is 0 Å². The molecule has 0 atom stereocenters. The summed E-state index contributed by atoms with van der Waals surface area (Å²) in [6.45, 7) is 0. The van der Waals surface area contributed by atoms with E-state index < -0.39 is 0 Å². The van der Waals surface area contributed by atoms with Crippen molar-refractivity contribution in [3.63, 3.8) is 0 Å². The molecule has 10 rings (SSSR count). The maximum absolute atomic E-state index is 6.47. The Morgan fingerprint density at radius 1 is 0.432 bits per heavy atom. The minimum atomic E-state index is 0.579. The van der Waals surface area contributed by atoms with Crippen LogP contribution in [0.1, 0.15) is 0 Å². The Hall–Kier alpha value is -6.00. The highest BCUT2D eigenvalue weighted by Crippen LogP contribution is 2.42. The fourth-order valence-electron chi connectivity index (χ4n) is 7.10. The predicted molar refractivity (Wildman–Crippen MR) is 182 cm³/mol. The fraction of sp³-hybridized carbons (Fsp3) is 0. The highest BCUT2D eigenvalue weighted by atomic mass is 16.3. The summed E-state index contributed by atoms with van der Waals surface area (Å²) in [4.78, 5) is 10.6. The number of para-hydroxylation sites is 1. The van der Waals surface area contributed by atoms with Gasteiger partial charge in [-0.2, -0.15) is 4.98 Å². The summed E-state index contributed by atoms with van der Waals surface area (Å²) in [5.41, 5.74) is 5.43. The molecular weight excluding hydrogens is 538 g/mol. The molecule has 0 saturated carbocycles. The number of furan rings is 1. The Labute approximate surface area is 251 Å². The van der Waals surface area contributed by atoms with Gasteiger partial charge in [-0.05, 0) is 50.5 Å². The van der Waals surface area contributed by atoms with Gasteiger partial charge in [0.1, 0.15) is 5.58 Å². The van der Waals surface area contributed by atoms with Crippen molar-refractivity contribution in [2.75, 3.05) is 0 Å². The lowest BCUT2D eigenvalue weighted by atomic mass is 9.99. The molecule has 0 aliphatic heterocycles. The molecule has 0 spiro atoms. The van der Waals surface area contributed by atoms with Gasteiger partial charge in [0, 0.05) is 21.7 Å². The maximum atomic E-state index is 6.47. The number of hydrogen-bond acceptors (Lipinski definition) is 3. The molecule has 0 aliphatic rings. The van der Waals surface area contributed by atoms with Crippen molar-refractivity contribution in [2.45, 2.75) is 0 Å². The fourth-order valence-corrected chi connectivity index (χ4v) is 7.10. The van der Waals surface area contributed by atoms with Crippen molar-refractivity contribution >= 4 is 76.2 Å². The second kappa shape index (κ2) is 8.76. The summed E-state index contributed by atoms with van der Waals surface area (Å²) in [5, 5.41) is 11.5. The van der Waals surface area contributed by atoms with Crippen LogP contribution >= 0.6 is 0 Å². The van der Waals surface area contributed by atoms with Crippen molar-refractivity contribution in [2.24, 2.45) is 0 Å². The lowest BCUT2D eigenvalue weighted by Gasteiger charge is -2.11. The molecule has 0 amide bonds. The van der Waals surface area contributed by atoms with E-state index in [2.05, 4.69) is 126 Å². The van der Waals surface area contributed by atoms with Crippen LogP contribution in [0, 0.1) is 0 Å². The third-order valence-electron chi connectivity index (χ3n) is 9.02. The van der Waals surface area contributed by atoms with Crippen LogP contribution in [0.2, 0.25) is 0 Å². The number of fused-ring (bicyclic) bond motifs is 11. The molecule has 3 heterocycles. The molecule has 0 bridgehead atoms. The third-order valence-corrected chi connectivity index (χ3v) is 9.02. The first-order valence-corrected chi connectivity index (χ1v) is 14.8. The zero-order valence-electron chi connectivity index (χ0n) is 23.5. The molecule has 7 aromatic carbocycles. The highest BCUT2D eigenvalue weighted by Gasteiger charge is 2.23. The molecule has 10 aromatic rings. The van der Waals surface area contributed by atoms with E-state index in [1.807, 2.05) is 18.2 Å². The standard InChI is InChI=1S/C40H23N3O/c1-4-14-27-24(10-1)13-9-18-30(27)38-37-31-17-7-8-19-34(31)44-39(37)42-40(41-38)43-32-22-20-25-11-2-5-15-28(25)35(32)36-29-16-6-3-12-26(29)21-23-33(36)43/h1-23H. The molecule has 0 radical (unpaired) electrons. The molecule has 44 heavy (non-hydrogen) atoms. The Kier molecular flexibility index (Phi) is 4.69. The quantitative estimate of drug-likeness (QED) is 0.211. The number of nitrogens with zero attached hydrogens (tertiary/aromatic N) is 3. The predicted octanol–water partition coefficient (Wildman–Crippen LogP) is 10.6. The minimum absolute atomic E-state index is 0.579. The molecule has 4 nitrogen and oxygen atoms in total. The van der Waals surface area contributed by atoms with Crippen LogP contribution in [-0.2, 0) is 0 Å². The van der Waals surface area contributed by atoms with Crippen molar-refractivity contribution in [1.29, 1.82) is 0 Å². The summed E-state index contributed by atoms with van der Waals surface area (Å²) >= 11 is 0. The van der Waals surface area contributed by atoms with Gasteiger partial charge in [-0.25, -0.2) is 4.98 Å². The normalized spacial score (nSPS) is 12.1. The smallest absolute Gasteiger partial charge is 0.238 e. The van der Waals surface area contributed by atoms with Crippen molar-refractivity contribution in [1.82, 2.24) is 14.5 Å². The summed E-state index contributed by atoms with van der Waals surface area (Å²) < 4.78 is 8.68. The summed E-state index contributed by atoms with van der Waals surface area (Å²) in [7, 11) is 0. The molecule has 0 unspecified atom stereocenters. The summed E-state index contributed by atoms with van der Waals surface area (Å²) in [6.07, 6.45) is 0. The van der Waals surface area contributed by atoms with Crippen LogP contribution in [-0.4, -0.2) is 14.5 Å². The van der Waals surface area contributed by atoms with Gasteiger partial charge >= 0.3 is 0 Å². The van der Waals surface area contributed by atoms with Crippen LogP contribution in [0.3, 0.4) is 0 Å². The number of benzene rings is 7. The average Bonchev–Trinajstić information content (AvgIpc) is 3.64. The largest absolute Gasteiger partial charge is 0.437 e. The van der Waals surface area contributed by atoms with Gasteiger partial charge in [-0.3, -0.25) is 4.57 Å². The van der Waals surface area contributed by atoms with E-state index in [4.69, 9.17) is 14.4 Å². The number of aromatic nitrogens is 3. The van der Waals surface area contributed by atoms with E-state index in [0.29, 0.717) is 11.7 Å². The Bertz CT molecular complexity index is 2690. The molecule has 3 aromatic heterocycles. The molecule has 0 saturated heterocycles. The van der Waals surface area contributed by atoms with Gasteiger partial charge in [-0.1, -0.05) is 121 Å². The Morgan fingerprint density at radius 2 is 0.977 bits per heavy atom. The van der Waals surface area contributed by atoms with Crippen LogP contribution in [0.25, 0.3) is 93.4 Å². The molecule has 0 aliphatic carbocycles. The Morgan fingerprint density at radius 3 is 1.66 bits per heavy atom. The average molecular weight is 562 g/mol. The molecular formula is C40H23N3O. The van der Waals surface area contributed by atoms with E-state index in [1.54, 1.807) is 0 Å². The lowest BCUT2D eigenvalue weighted by molar-refractivity contribution is 0.651. The molecule has 0 N–H and O–H groups in total. The first-order chi connectivity index (χ1) is 21.8. The second-order valence-electron chi connectivity index (χ2n) is 11.4. The Balaban J connectivity index is 1.41. The minimum Gasteiger partial charge on any atom is -0.437 e. The second-order valence-corrected chi connectivity index (χ2v) is 11.4. The first kappa shape index (κ1) is 23.6. The topological polar surface area (TPSA) is 43.9 Å². The van der Waals surface area contributed by atoms with Gasteiger partial charge < -0.3 is 4.42 Å². The maximum Gasteiger partial charge on any atom is 0.238 e. The van der Waals surface area contributed by atoms with Gasteiger partial charge in [0.25, 0.3) is 0 Å². The first-order valence-electron chi connectivity index (χ1n) is 14.8. The third kappa shape index (κ3) is 3.17. The van der Waals surface area contributed by atoms with Crippen molar-refractivity contribution < 1.29 is 4.42 Å². The van der Waals surface area contributed by atoms with E-state index >= 15 is 0 Å². The lowest BCUT2D eigenvalue weighted by Crippen LogP contribution is -2.03. The van der Waals surface area contributed by atoms with E-state index in [9.17, 15) is 0 Å². The zero-order valence-corrected chi connectivity index (χ0v) is 23.5. The van der Waals surface area contributed by atoms with E-state index in [0.717, 1.165) is 44.0 Å². The monoisotopic (exact) mass is 561 g/mol. The zero-order chi connectivity index (χ0) is 28.8. The highest BCUT2D eigenvalue weighted by molar-refractivity contribution is 6.28. The van der Waals surface area contributed by atoms with Gasteiger partial charge in [0.15, 0.2) is 0 Å². The van der Waals surface area contributed by atoms with Crippen molar-refractivity contribution in [3.8, 4) is 17.2 Å². The van der Waals surface area contributed by atoms with Crippen LogP contribution in [0.15, 0.2) is 144 Å². The summed E-state index contributed by atoms with van der Waals surface area (Å²) in [6, 6.07) is 49.0. The molecule has 204 valence electrons. The van der Waals surface area contributed by atoms with Gasteiger partial charge in [0.05, 0.1) is 22.1 Å². The summed E-state index contributed by atoms with van der Waals surface area (Å²) in [5.74, 6) is 0.588. The molecule has 4 heteroatoms. The van der Waals surface area contributed by atoms with Crippen LogP contribution < -0.4 is 0 Å². The van der Waals surface area contributed by atoms with Gasteiger partial charge in [0.2, 0.25) is 11.7 Å². The number of hydrogen-bond donors (Lipinski definition) is 0.